The van der Waals surface area contributed by atoms with E-state index in [0.29, 0.717) is 38.8 Å². The quantitative estimate of drug-likeness (QED) is 0.502. The molecule has 0 aliphatic carbocycles. The van der Waals surface area contributed by atoms with E-state index in [1.807, 2.05) is 11.4 Å². The van der Waals surface area contributed by atoms with Gasteiger partial charge in [0.25, 0.3) is 0 Å². The summed E-state index contributed by atoms with van der Waals surface area (Å²) in [6.07, 6.45) is 2.35. The first-order valence-electron chi connectivity index (χ1n) is 7.37. The van der Waals surface area contributed by atoms with E-state index in [1.165, 1.54) is 11.3 Å². The summed E-state index contributed by atoms with van der Waals surface area (Å²) in [4.78, 5) is 31.0. The van der Waals surface area contributed by atoms with E-state index in [-0.39, 0.29) is 0 Å². The van der Waals surface area contributed by atoms with Crippen LogP contribution in [0.3, 0.4) is 0 Å². The molecule has 0 amide bonds. The van der Waals surface area contributed by atoms with Gasteiger partial charge in [0.2, 0.25) is 0 Å². The van der Waals surface area contributed by atoms with Crippen molar-refractivity contribution in [2.45, 2.75) is 0 Å². The average molecular weight is 351 g/mol. The van der Waals surface area contributed by atoms with Crippen LogP contribution in [-0.2, 0) is 0 Å². The molecule has 0 saturated carbocycles. The van der Waals surface area contributed by atoms with Gasteiger partial charge in [-0.2, -0.15) is 0 Å². The summed E-state index contributed by atoms with van der Waals surface area (Å²) in [5.74, 6) is 0.138. The smallest absolute Gasteiger partial charge is 0.417 e. The highest BCUT2D eigenvalue weighted by molar-refractivity contribution is 7.15. The van der Waals surface area contributed by atoms with Gasteiger partial charge in [-0.1, -0.05) is 6.07 Å². The lowest BCUT2D eigenvalue weighted by molar-refractivity contribution is 0.111. The normalized spacial score (nSPS) is 11.5. The lowest BCUT2D eigenvalue weighted by Gasteiger charge is -2.00. The maximum absolute atomic E-state index is 11.8. The van der Waals surface area contributed by atoms with Gasteiger partial charge in [-0.05, 0) is 24.3 Å². The Hall–Kier alpha value is -3.39. The van der Waals surface area contributed by atoms with Crippen molar-refractivity contribution in [3.05, 3.63) is 58.2 Å². The van der Waals surface area contributed by atoms with Gasteiger partial charge in [0.15, 0.2) is 22.6 Å². The molecule has 0 radical (unpaired) electrons. The van der Waals surface area contributed by atoms with Crippen molar-refractivity contribution in [2.75, 3.05) is 0 Å². The van der Waals surface area contributed by atoms with Gasteiger partial charge < -0.3 is 8.83 Å². The molecule has 25 heavy (non-hydrogen) atoms. The van der Waals surface area contributed by atoms with Crippen LogP contribution in [0, 0.1) is 0 Å². The van der Waals surface area contributed by atoms with E-state index in [9.17, 15) is 9.59 Å². The maximum atomic E-state index is 11.8. The molecule has 0 atom stereocenters. The Labute approximate surface area is 143 Å². The number of thiazole rings is 1. The topological polar surface area (TPSA) is 93.5 Å². The van der Waals surface area contributed by atoms with Gasteiger partial charge in [-0.15, -0.1) is 11.3 Å². The van der Waals surface area contributed by atoms with Crippen LogP contribution in [0.5, 0.6) is 0 Å². The molecule has 122 valence electrons. The number of H-pyrrole nitrogens is 1. The largest absolute Gasteiger partial charge is 0.463 e. The molecule has 5 aromatic rings. The minimum atomic E-state index is -0.520. The van der Waals surface area contributed by atoms with Crippen LogP contribution in [0.25, 0.3) is 38.8 Å². The summed E-state index contributed by atoms with van der Waals surface area (Å²) >= 11 is 1.42. The van der Waals surface area contributed by atoms with Gasteiger partial charge in [-0.25, -0.2) is 9.78 Å². The highest BCUT2D eigenvalue weighted by atomic mass is 32.1. The third kappa shape index (κ3) is 2.01. The fraction of sp³-hybridized carbons (Fsp3) is 0. The lowest BCUT2D eigenvalue weighted by atomic mass is 10.1. The number of hydrogen-bond acceptors (Lipinski definition) is 6. The van der Waals surface area contributed by atoms with Crippen molar-refractivity contribution in [3.8, 4) is 22.7 Å². The molecule has 0 unspecified atom stereocenters. The molecule has 5 rings (SSSR count). The molecule has 0 saturated heterocycles. The van der Waals surface area contributed by atoms with Gasteiger partial charge >= 0.3 is 5.76 Å². The summed E-state index contributed by atoms with van der Waals surface area (Å²) in [5.41, 5.74) is 3.42. The molecular weight excluding hydrogens is 342 g/mol. The first-order chi connectivity index (χ1) is 12.2. The molecule has 1 aromatic carbocycles. The second kappa shape index (κ2) is 5.05. The van der Waals surface area contributed by atoms with E-state index < -0.39 is 5.76 Å². The predicted molar refractivity (Wildman–Crippen MR) is 92.0 cm³/mol. The monoisotopic (exact) mass is 351 g/mol. The van der Waals surface area contributed by atoms with Crippen molar-refractivity contribution < 1.29 is 13.6 Å². The van der Waals surface area contributed by atoms with Crippen molar-refractivity contribution in [1.29, 1.82) is 0 Å². The van der Waals surface area contributed by atoms with Crippen LogP contribution in [-0.4, -0.2) is 20.7 Å². The van der Waals surface area contributed by atoms with Gasteiger partial charge in [0.05, 0.1) is 11.8 Å². The van der Waals surface area contributed by atoms with Crippen molar-refractivity contribution in [3.63, 3.8) is 0 Å². The Kier molecular flexibility index (Phi) is 2.83. The Bertz CT molecular complexity index is 1290. The van der Waals surface area contributed by atoms with Crippen molar-refractivity contribution in [1.82, 2.24) is 14.4 Å². The molecule has 0 aliphatic heterocycles. The van der Waals surface area contributed by atoms with E-state index in [1.54, 1.807) is 34.9 Å². The fourth-order valence-electron chi connectivity index (χ4n) is 2.89. The number of oxazole rings is 1. The maximum Gasteiger partial charge on any atom is 0.417 e. The summed E-state index contributed by atoms with van der Waals surface area (Å²) in [5, 5.41) is 1.90. The summed E-state index contributed by atoms with van der Waals surface area (Å²) in [6, 6.07) is 8.83. The molecule has 7 nitrogen and oxygen atoms in total. The van der Waals surface area contributed by atoms with Crippen LogP contribution in [0.1, 0.15) is 10.5 Å². The SMILES string of the molecule is O=Cc1c(-c2ccc3[nH]c(=O)oc3c2)nc2scc(-c3ccco3)n12. The second-order valence-corrected chi connectivity index (χ2v) is 6.24. The molecule has 0 spiro atoms. The second-order valence-electron chi connectivity index (χ2n) is 5.41. The summed E-state index contributed by atoms with van der Waals surface area (Å²) < 4.78 is 12.3. The zero-order valence-electron chi connectivity index (χ0n) is 12.6. The van der Waals surface area contributed by atoms with Crippen LogP contribution in [0.2, 0.25) is 0 Å². The average Bonchev–Trinajstić information content (AvgIpc) is 3.36. The number of fused-ring (bicyclic) bond motifs is 2. The minimum absolute atomic E-state index is 0.417. The van der Waals surface area contributed by atoms with E-state index in [4.69, 9.17) is 8.83 Å². The number of aromatic amines is 1. The number of hydrogen-bond donors (Lipinski definition) is 1. The first-order valence-corrected chi connectivity index (χ1v) is 8.25. The van der Waals surface area contributed by atoms with Crippen LogP contribution in [0.4, 0.5) is 0 Å². The van der Waals surface area contributed by atoms with Crippen LogP contribution >= 0.6 is 11.3 Å². The Balaban J connectivity index is 1.78. The number of nitrogens with one attached hydrogen (secondary N) is 1. The predicted octanol–water partition coefficient (Wildman–Crippen LogP) is 3.57. The minimum Gasteiger partial charge on any atom is -0.463 e. The number of furan rings is 1. The first kappa shape index (κ1) is 14.0. The highest BCUT2D eigenvalue weighted by Crippen LogP contribution is 2.33. The molecular formula is C17H9N3O4S. The molecule has 1 N–H and O–H groups in total. The molecule has 0 aliphatic rings. The van der Waals surface area contributed by atoms with Gasteiger partial charge in [0.1, 0.15) is 17.1 Å². The zero-order valence-corrected chi connectivity index (χ0v) is 13.4. The third-order valence-corrected chi connectivity index (χ3v) is 4.80. The summed E-state index contributed by atoms with van der Waals surface area (Å²) in [7, 11) is 0. The Morgan fingerprint density at radius 1 is 1.28 bits per heavy atom. The Morgan fingerprint density at radius 3 is 3.00 bits per heavy atom. The molecule has 4 heterocycles. The van der Waals surface area contributed by atoms with Gasteiger partial charge in [0, 0.05) is 10.9 Å². The standard InChI is InChI=1S/C17H9N3O4S/c21-7-11-15(9-3-4-10-14(6-9)24-17(22)18-10)19-16-20(11)12(8-25-16)13-2-1-5-23-13/h1-8H,(H,18,22). The number of rotatable bonds is 3. The van der Waals surface area contributed by atoms with Crippen LogP contribution < -0.4 is 5.76 Å². The number of aldehydes is 1. The number of imidazole rings is 1. The van der Waals surface area contributed by atoms with Crippen molar-refractivity contribution >= 4 is 33.7 Å². The zero-order chi connectivity index (χ0) is 17.0. The molecule has 0 fully saturated rings. The van der Waals surface area contributed by atoms with Crippen LogP contribution in [0.15, 0.2) is 55.6 Å². The Morgan fingerprint density at radius 2 is 2.20 bits per heavy atom. The number of nitrogens with zero attached hydrogens (tertiary/aromatic N) is 2. The lowest BCUT2D eigenvalue weighted by Crippen LogP contribution is -1.93. The number of carbonyl (C=O) groups excluding carboxylic acids is 1. The number of aromatic nitrogens is 3. The fourth-order valence-corrected chi connectivity index (χ4v) is 3.78. The third-order valence-electron chi connectivity index (χ3n) is 3.98. The van der Waals surface area contributed by atoms with E-state index >= 15 is 0 Å². The number of benzene rings is 1. The molecule has 8 heteroatoms. The highest BCUT2D eigenvalue weighted by Gasteiger charge is 2.20. The van der Waals surface area contributed by atoms with Gasteiger partial charge in [-0.3, -0.25) is 14.2 Å². The molecule has 0 bridgehead atoms. The number of carbonyl (C=O) groups is 1. The van der Waals surface area contributed by atoms with Crippen molar-refractivity contribution in [2.24, 2.45) is 0 Å². The van der Waals surface area contributed by atoms with E-state index in [0.717, 1.165) is 12.0 Å². The molecule has 4 aromatic heterocycles. The summed E-state index contributed by atoms with van der Waals surface area (Å²) in [6.45, 7) is 0. The van der Waals surface area contributed by atoms with E-state index in [2.05, 4.69) is 9.97 Å².